The molecule has 2 N–H and O–H groups in total. The van der Waals surface area contributed by atoms with Gasteiger partial charge in [0, 0.05) is 17.2 Å². The Morgan fingerprint density at radius 3 is 2.44 bits per heavy atom. The first-order valence-corrected chi connectivity index (χ1v) is 8.56. The van der Waals surface area contributed by atoms with Gasteiger partial charge in [-0.1, -0.05) is 6.07 Å². The van der Waals surface area contributed by atoms with E-state index in [1.54, 1.807) is 14.2 Å². The second-order valence-electron chi connectivity index (χ2n) is 6.54. The molecule has 1 aliphatic rings. The number of hydrogen-bond donors (Lipinski definition) is 1. The fourth-order valence-corrected chi connectivity index (χ4v) is 3.61. The topological polar surface area (TPSA) is 53.7 Å². The van der Waals surface area contributed by atoms with E-state index in [1.807, 2.05) is 24.3 Å². The van der Waals surface area contributed by atoms with Crippen molar-refractivity contribution in [2.75, 3.05) is 14.2 Å². The quantitative estimate of drug-likeness (QED) is 0.752. The Bertz CT molecular complexity index is 1020. The molecule has 27 heavy (non-hydrogen) atoms. The minimum Gasteiger partial charge on any atom is -0.493 e. The summed E-state index contributed by atoms with van der Waals surface area (Å²) in [5.74, 6) is 0.584. The molecule has 0 saturated carbocycles. The zero-order chi connectivity index (χ0) is 19.1. The van der Waals surface area contributed by atoms with Crippen molar-refractivity contribution >= 4 is 10.8 Å². The van der Waals surface area contributed by atoms with Crippen LogP contribution in [0.5, 0.6) is 17.2 Å². The molecule has 0 amide bonds. The molecule has 140 valence electrons. The van der Waals surface area contributed by atoms with Gasteiger partial charge in [0.25, 0.3) is 0 Å². The van der Waals surface area contributed by atoms with Crippen molar-refractivity contribution in [1.29, 1.82) is 0 Å². The second-order valence-corrected chi connectivity index (χ2v) is 6.54. The lowest BCUT2D eigenvalue weighted by Crippen LogP contribution is -2.38. The maximum atomic E-state index is 14.2. The maximum Gasteiger partial charge on any atom is 0.161 e. The molecule has 0 saturated heterocycles. The minimum atomic E-state index is -0.685. The van der Waals surface area contributed by atoms with E-state index < -0.39 is 23.8 Å². The third-order valence-corrected chi connectivity index (χ3v) is 4.94. The molecule has 0 radical (unpaired) electrons. The van der Waals surface area contributed by atoms with E-state index in [4.69, 9.17) is 19.9 Å². The monoisotopic (exact) mass is 371 g/mol. The van der Waals surface area contributed by atoms with E-state index in [0.717, 1.165) is 22.4 Å². The molecule has 0 bridgehead atoms. The van der Waals surface area contributed by atoms with E-state index in [2.05, 4.69) is 0 Å². The lowest BCUT2D eigenvalue weighted by Gasteiger charge is -2.32. The number of fused-ring (bicyclic) bond motifs is 3. The lowest BCUT2D eigenvalue weighted by molar-refractivity contribution is 0.150. The third-order valence-electron chi connectivity index (χ3n) is 4.94. The van der Waals surface area contributed by atoms with Crippen LogP contribution < -0.4 is 19.9 Å². The highest BCUT2D eigenvalue weighted by Gasteiger charge is 2.32. The van der Waals surface area contributed by atoms with Crippen molar-refractivity contribution in [3.63, 3.8) is 0 Å². The van der Waals surface area contributed by atoms with Gasteiger partial charge in [-0.3, -0.25) is 0 Å². The molecule has 3 aromatic carbocycles. The van der Waals surface area contributed by atoms with E-state index in [9.17, 15) is 8.78 Å². The summed E-state index contributed by atoms with van der Waals surface area (Å²) in [5.41, 5.74) is 7.49. The van der Waals surface area contributed by atoms with Gasteiger partial charge in [0.05, 0.1) is 20.3 Å². The number of rotatable bonds is 3. The number of ether oxygens (including phenoxy) is 3. The molecular formula is C21H19F2NO3. The van der Waals surface area contributed by atoms with Gasteiger partial charge in [-0.05, 0) is 47.5 Å². The second kappa shape index (κ2) is 6.70. The van der Waals surface area contributed by atoms with Gasteiger partial charge in [0.1, 0.15) is 23.5 Å². The van der Waals surface area contributed by atoms with Crippen LogP contribution in [0.15, 0.2) is 42.5 Å². The zero-order valence-corrected chi connectivity index (χ0v) is 15.0. The Labute approximate surface area is 155 Å². The van der Waals surface area contributed by atoms with Gasteiger partial charge in [0.15, 0.2) is 11.5 Å². The highest BCUT2D eigenvalue weighted by Crippen LogP contribution is 2.42. The number of nitrogens with two attached hydrogens (primary N) is 1. The van der Waals surface area contributed by atoms with Crippen LogP contribution in [0.3, 0.4) is 0 Å². The lowest BCUT2D eigenvalue weighted by atomic mass is 9.90. The molecule has 0 spiro atoms. The number of halogens is 2. The van der Waals surface area contributed by atoms with Gasteiger partial charge in [-0.25, -0.2) is 8.78 Å². The van der Waals surface area contributed by atoms with Gasteiger partial charge >= 0.3 is 0 Å². The first-order valence-electron chi connectivity index (χ1n) is 8.56. The van der Waals surface area contributed by atoms with E-state index in [1.165, 1.54) is 12.1 Å². The smallest absolute Gasteiger partial charge is 0.161 e. The van der Waals surface area contributed by atoms with Crippen molar-refractivity contribution < 1.29 is 23.0 Å². The first kappa shape index (κ1) is 17.5. The fraction of sp³-hybridized carbons (Fsp3) is 0.238. The van der Waals surface area contributed by atoms with Gasteiger partial charge < -0.3 is 19.9 Å². The molecule has 0 aliphatic carbocycles. The van der Waals surface area contributed by atoms with Crippen molar-refractivity contribution in [2.45, 2.75) is 18.6 Å². The number of hydrogen-bond acceptors (Lipinski definition) is 4. The van der Waals surface area contributed by atoms with Crippen LogP contribution in [-0.2, 0) is 6.42 Å². The van der Waals surface area contributed by atoms with Crippen LogP contribution in [0.2, 0.25) is 0 Å². The Morgan fingerprint density at radius 2 is 1.74 bits per heavy atom. The minimum absolute atomic E-state index is 0.252. The molecule has 0 aromatic heterocycles. The van der Waals surface area contributed by atoms with Crippen LogP contribution in [-0.4, -0.2) is 20.3 Å². The summed E-state index contributed by atoms with van der Waals surface area (Å²) in [6.07, 6.45) is -0.195. The highest BCUT2D eigenvalue weighted by molar-refractivity contribution is 5.91. The van der Waals surface area contributed by atoms with E-state index in [0.29, 0.717) is 23.7 Å². The molecule has 1 aliphatic heterocycles. The van der Waals surface area contributed by atoms with Crippen LogP contribution in [0.4, 0.5) is 8.78 Å². The summed E-state index contributed by atoms with van der Waals surface area (Å²) in [6.45, 7) is 0. The summed E-state index contributed by atoms with van der Waals surface area (Å²) in [6, 6.07) is 10.5. The highest BCUT2D eigenvalue weighted by atomic mass is 19.1. The average molecular weight is 371 g/mol. The van der Waals surface area contributed by atoms with E-state index in [-0.39, 0.29) is 5.56 Å². The largest absolute Gasteiger partial charge is 0.493 e. The molecule has 1 heterocycles. The van der Waals surface area contributed by atoms with Gasteiger partial charge in [0.2, 0.25) is 0 Å². The maximum absolute atomic E-state index is 14.2. The third kappa shape index (κ3) is 2.96. The average Bonchev–Trinajstić information content (AvgIpc) is 2.66. The van der Waals surface area contributed by atoms with Crippen molar-refractivity contribution in [1.82, 2.24) is 0 Å². The van der Waals surface area contributed by atoms with Crippen LogP contribution in [0, 0.1) is 11.6 Å². The molecule has 0 fully saturated rings. The molecule has 6 heteroatoms. The van der Waals surface area contributed by atoms with Crippen LogP contribution in [0.1, 0.15) is 17.2 Å². The molecule has 3 aromatic rings. The summed E-state index contributed by atoms with van der Waals surface area (Å²) >= 11 is 0. The molecule has 4 rings (SSSR count). The molecule has 2 atom stereocenters. The fourth-order valence-electron chi connectivity index (χ4n) is 3.61. The Morgan fingerprint density at radius 1 is 1.00 bits per heavy atom. The summed E-state index contributed by atoms with van der Waals surface area (Å²) in [4.78, 5) is 0. The van der Waals surface area contributed by atoms with Gasteiger partial charge in [-0.2, -0.15) is 0 Å². The van der Waals surface area contributed by atoms with Crippen LogP contribution in [0.25, 0.3) is 10.8 Å². The first-order chi connectivity index (χ1) is 13.0. The van der Waals surface area contributed by atoms with Crippen molar-refractivity contribution in [3.8, 4) is 17.2 Å². The standard InChI is InChI=1S/C21H19F2NO3/c1-25-19-7-11-3-6-18-15(14(11)10-20(19)26-2)9-17(24)21(27-18)13-5-4-12(22)8-16(13)23/h3-8,10,17,21H,9,24H2,1-2H3. The molecular weight excluding hydrogens is 352 g/mol. The normalized spacial score (nSPS) is 18.7. The van der Waals surface area contributed by atoms with Crippen LogP contribution >= 0.6 is 0 Å². The SMILES string of the molecule is COc1cc2ccc3c(c2cc1OC)CC(N)C(c1ccc(F)cc1F)O3. The zero-order valence-electron chi connectivity index (χ0n) is 15.0. The van der Waals surface area contributed by atoms with Crippen molar-refractivity contribution in [3.05, 3.63) is 65.2 Å². The summed E-state index contributed by atoms with van der Waals surface area (Å²) in [5, 5.41) is 1.91. The Hall–Kier alpha value is -2.86. The Kier molecular flexibility index (Phi) is 4.36. The molecule has 4 nitrogen and oxygen atoms in total. The van der Waals surface area contributed by atoms with Gasteiger partial charge in [-0.15, -0.1) is 0 Å². The summed E-state index contributed by atoms with van der Waals surface area (Å²) < 4.78 is 44.2. The number of benzene rings is 3. The predicted molar refractivity (Wildman–Crippen MR) is 98.5 cm³/mol. The van der Waals surface area contributed by atoms with Crippen molar-refractivity contribution in [2.24, 2.45) is 5.73 Å². The van der Waals surface area contributed by atoms with E-state index >= 15 is 0 Å². The predicted octanol–water partition coefficient (Wildman–Crippen LogP) is 4.14. The molecule has 2 unspecified atom stereocenters. The Balaban J connectivity index is 1.80. The summed E-state index contributed by atoms with van der Waals surface area (Å²) in [7, 11) is 3.16. The number of methoxy groups -OCH3 is 2.